The second-order valence-electron chi connectivity index (χ2n) is 6.85. The molecule has 1 aromatic rings. The number of ether oxygens (including phenoxy) is 1. The Morgan fingerprint density at radius 2 is 1.84 bits per heavy atom. The van der Waals surface area contributed by atoms with Crippen molar-refractivity contribution in [3.63, 3.8) is 0 Å². The number of imide groups is 1. The van der Waals surface area contributed by atoms with Gasteiger partial charge in [0.25, 0.3) is 11.1 Å². The van der Waals surface area contributed by atoms with E-state index in [9.17, 15) is 14.4 Å². The molecule has 25 heavy (non-hydrogen) atoms. The van der Waals surface area contributed by atoms with E-state index in [1.165, 1.54) is 12.5 Å². The number of carbonyl (C=O) groups excluding carboxylic acids is 3. The van der Waals surface area contributed by atoms with Gasteiger partial charge in [-0.05, 0) is 48.2 Å². The third-order valence-corrected chi connectivity index (χ3v) is 4.80. The Bertz CT molecular complexity index is 716. The van der Waals surface area contributed by atoms with E-state index in [0.717, 1.165) is 22.2 Å². The van der Waals surface area contributed by atoms with E-state index in [1.807, 2.05) is 24.3 Å². The van der Waals surface area contributed by atoms with Crippen LogP contribution in [0.3, 0.4) is 0 Å². The average Bonchev–Trinajstić information content (AvgIpc) is 2.80. The molecule has 134 valence electrons. The highest BCUT2D eigenvalue weighted by Gasteiger charge is 2.41. The third-order valence-electron chi connectivity index (χ3n) is 3.91. The molecule has 0 N–H and O–H groups in total. The van der Waals surface area contributed by atoms with Gasteiger partial charge in [-0.2, -0.15) is 0 Å². The topological polar surface area (TPSA) is 63.7 Å². The second-order valence-corrected chi connectivity index (χ2v) is 7.84. The fourth-order valence-corrected chi connectivity index (χ4v) is 3.32. The van der Waals surface area contributed by atoms with Crippen LogP contribution in [0.2, 0.25) is 0 Å². The minimum atomic E-state index is -0.929. The van der Waals surface area contributed by atoms with Crippen molar-refractivity contribution in [1.29, 1.82) is 0 Å². The molecule has 0 unspecified atom stereocenters. The van der Waals surface area contributed by atoms with E-state index in [2.05, 4.69) is 20.8 Å². The van der Waals surface area contributed by atoms with Crippen LogP contribution in [0.15, 0.2) is 29.2 Å². The highest BCUT2D eigenvalue weighted by molar-refractivity contribution is 8.18. The molecule has 1 atom stereocenters. The first-order valence-electron chi connectivity index (χ1n) is 8.19. The van der Waals surface area contributed by atoms with Gasteiger partial charge in [0.1, 0.15) is 6.04 Å². The summed E-state index contributed by atoms with van der Waals surface area (Å²) in [7, 11) is 0. The van der Waals surface area contributed by atoms with Crippen LogP contribution in [0.4, 0.5) is 4.79 Å². The first kappa shape index (κ1) is 19.2. The standard InChI is InChI=1S/C19H23NO4S/c1-6-24-17(22)12(2)20-16(21)15(25-18(20)23)11-13-7-9-14(10-8-13)19(3,4)5/h7-12H,6H2,1-5H3/b15-11+/t12-/m0/s1. The van der Waals surface area contributed by atoms with Crippen molar-refractivity contribution in [2.75, 3.05) is 6.61 Å². The van der Waals surface area contributed by atoms with Crippen LogP contribution in [0.25, 0.3) is 6.08 Å². The lowest BCUT2D eigenvalue weighted by Gasteiger charge is -2.19. The third kappa shape index (κ3) is 4.31. The molecule has 0 radical (unpaired) electrons. The number of carbonyl (C=O) groups is 3. The number of thioether (sulfide) groups is 1. The highest BCUT2D eigenvalue weighted by Crippen LogP contribution is 2.34. The summed E-state index contributed by atoms with van der Waals surface area (Å²) in [6, 6.07) is 6.93. The summed E-state index contributed by atoms with van der Waals surface area (Å²) < 4.78 is 4.90. The van der Waals surface area contributed by atoms with Crippen LogP contribution in [-0.4, -0.2) is 34.7 Å². The Hall–Kier alpha value is -2.08. The van der Waals surface area contributed by atoms with Gasteiger partial charge in [0, 0.05) is 0 Å². The van der Waals surface area contributed by atoms with E-state index < -0.39 is 23.2 Å². The smallest absolute Gasteiger partial charge is 0.329 e. The summed E-state index contributed by atoms with van der Waals surface area (Å²) >= 11 is 0.841. The van der Waals surface area contributed by atoms with Gasteiger partial charge >= 0.3 is 5.97 Å². The van der Waals surface area contributed by atoms with E-state index in [0.29, 0.717) is 4.91 Å². The Morgan fingerprint density at radius 1 is 1.24 bits per heavy atom. The molecule has 5 nitrogen and oxygen atoms in total. The largest absolute Gasteiger partial charge is 0.464 e. The predicted octanol–water partition coefficient (Wildman–Crippen LogP) is 3.97. The van der Waals surface area contributed by atoms with Crippen LogP contribution < -0.4 is 0 Å². The molecule has 0 bridgehead atoms. The summed E-state index contributed by atoms with van der Waals surface area (Å²) in [6.07, 6.45) is 1.68. The average molecular weight is 361 g/mol. The molecule has 1 heterocycles. The van der Waals surface area contributed by atoms with Gasteiger partial charge in [-0.3, -0.25) is 14.5 Å². The van der Waals surface area contributed by atoms with Gasteiger partial charge in [-0.25, -0.2) is 4.79 Å². The van der Waals surface area contributed by atoms with Crippen LogP contribution >= 0.6 is 11.8 Å². The van der Waals surface area contributed by atoms with Crippen LogP contribution in [-0.2, 0) is 19.7 Å². The summed E-state index contributed by atoms with van der Waals surface area (Å²) in [4.78, 5) is 37.7. The zero-order valence-corrected chi connectivity index (χ0v) is 16.0. The van der Waals surface area contributed by atoms with Gasteiger partial charge in [-0.15, -0.1) is 0 Å². The van der Waals surface area contributed by atoms with Crippen LogP contribution in [0.1, 0.15) is 45.7 Å². The molecule has 0 spiro atoms. The van der Waals surface area contributed by atoms with Gasteiger partial charge in [0.05, 0.1) is 11.5 Å². The fourth-order valence-electron chi connectivity index (χ4n) is 2.41. The number of hydrogen-bond acceptors (Lipinski definition) is 5. The zero-order valence-electron chi connectivity index (χ0n) is 15.2. The van der Waals surface area contributed by atoms with Gasteiger partial charge in [0.2, 0.25) is 0 Å². The fraction of sp³-hybridized carbons (Fsp3) is 0.421. The summed E-state index contributed by atoms with van der Waals surface area (Å²) in [5.74, 6) is -1.05. The molecule has 2 amide bonds. The molecular formula is C19H23NO4S. The predicted molar refractivity (Wildman–Crippen MR) is 99.0 cm³/mol. The van der Waals surface area contributed by atoms with Crippen molar-refractivity contribution in [1.82, 2.24) is 4.90 Å². The molecule has 6 heteroatoms. The molecule has 1 aliphatic rings. The van der Waals surface area contributed by atoms with Gasteiger partial charge < -0.3 is 4.74 Å². The van der Waals surface area contributed by atoms with Crippen molar-refractivity contribution in [3.8, 4) is 0 Å². The number of nitrogens with zero attached hydrogens (tertiary/aromatic N) is 1. The Balaban J connectivity index is 2.21. The number of rotatable bonds is 4. The molecule has 2 rings (SSSR count). The molecule has 1 fully saturated rings. The van der Waals surface area contributed by atoms with Crippen molar-refractivity contribution < 1.29 is 19.1 Å². The van der Waals surface area contributed by atoms with Crippen molar-refractivity contribution in [3.05, 3.63) is 40.3 Å². The first-order chi connectivity index (χ1) is 11.6. The number of amides is 2. The number of hydrogen-bond donors (Lipinski definition) is 0. The summed E-state index contributed by atoms with van der Waals surface area (Å²) in [6.45, 7) is 9.77. The Labute approximate surface area is 152 Å². The molecule has 0 aromatic heterocycles. The quantitative estimate of drug-likeness (QED) is 0.600. The van der Waals surface area contributed by atoms with Gasteiger partial charge in [0.15, 0.2) is 0 Å². The minimum absolute atomic E-state index is 0.0471. The molecular weight excluding hydrogens is 338 g/mol. The van der Waals surface area contributed by atoms with Crippen LogP contribution in [0.5, 0.6) is 0 Å². The maximum atomic E-state index is 12.5. The van der Waals surface area contributed by atoms with E-state index >= 15 is 0 Å². The summed E-state index contributed by atoms with van der Waals surface area (Å²) in [5, 5.41) is -0.455. The SMILES string of the molecule is CCOC(=O)[C@H](C)N1C(=O)S/C(=C/c2ccc(C(C)(C)C)cc2)C1=O. The number of benzene rings is 1. The zero-order chi connectivity index (χ0) is 18.8. The highest BCUT2D eigenvalue weighted by atomic mass is 32.2. The van der Waals surface area contributed by atoms with Gasteiger partial charge in [-0.1, -0.05) is 45.0 Å². The molecule has 1 saturated heterocycles. The lowest BCUT2D eigenvalue weighted by molar-refractivity contribution is -0.150. The van der Waals surface area contributed by atoms with E-state index in [-0.39, 0.29) is 12.0 Å². The minimum Gasteiger partial charge on any atom is -0.464 e. The molecule has 0 aliphatic carbocycles. The number of esters is 1. The lowest BCUT2D eigenvalue weighted by Crippen LogP contribution is -2.42. The van der Waals surface area contributed by atoms with E-state index in [4.69, 9.17) is 4.74 Å². The molecule has 0 saturated carbocycles. The molecule has 1 aliphatic heterocycles. The van der Waals surface area contributed by atoms with Crippen LogP contribution in [0, 0.1) is 0 Å². The lowest BCUT2D eigenvalue weighted by atomic mass is 9.87. The Morgan fingerprint density at radius 3 is 2.36 bits per heavy atom. The van der Waals surface area contributed by atoms with Crippen molar-refractivity contribution >= 4 is 35.0 Å². The van der Waals surface area contributed by atoms with Crippen molar-refractivity contribution in [2.45, 2.75) is 46.1 Å². The van der Waals surface area contributed by atoms with Crippen molar-refractivity contribution in [2.24, 2.45) is 0 Å². The molecule has 1 aromatic carbocycles. The van der Waals surface area contributed by atoms with E-state index in [1.54, 1.807) is 13.0 Å². The summed E-state index contributed by atoms with van der Waals surface area (Å²) in [5.41, 5.74) is 2.07. The normalized spacial score (nSPS) is 18.0. The monoisotopic (exact) mass is 361 g/mol. The maximum absolute atomic E-state index is 12.5. The second kappa shape index (κ2) is 7.44. The first-order valence-corrected chi connectivity index (χ1v) is 9.01. The maximum Gasteiger partial charge on any atom is 0.329 e. The Kier molecular flexibility index (Phi) is 5.72.